The van der Waals surface area contributed by atoms with Crippen LogP contribution in [0.2, 0.25) is 0 Å². The van der Waals surface area contributed by atoms with Crippen LogP contribution in [0.5, 0.6) is 0 Å². The minimum Gasteiger partial charge on any atom is -0.351 e. The molecule has 0 radical (unpaired) electrons. The van der Waals surface area contributed by atoms with E-state index in [1.807, 2.05) is 0 Å². The molecule has 0 amide bonds. The monoisotopic (exact) mass is 272 g/mol. The van der Waals surface area contributed by atoms with Crippen molar-refractivity contribution in [1.82, 2.24) is 0 Å². The van der Waals surface area contributed by atoms with E-state index < -0.39 is 16.6 Å². The van der Waals surface area contributed by atoms with Crippen LogP contribution in [0, 0.1) is 0 Å². The SMILES string of the molecule is CCO[Si](OCC)(OCC)OP(=O)(O)CC. The van der Waals surface area contributed by atoms with Crippen molar-refractivity contribution >= 4 is 16.6 Å². The standard InChI is InChI=1S/C8H21O6PSi/c1-5-11-16(12-6-2,13-7-3)14-15(9,10)8-4/h5-8H2,1-4H3,(H,9,10). The maximum atomic E-state index is 11.6. The van der Waals surface area contributed by atoms with Gasteiger partial charge < -0.3 is 18.2 Å². The second-order valence-electron chi connectivity index (χ2n) is 2.84. The Kier molecular flexibility index (Phi) is 7.67. The molecule has 1 N–H and O–H groups in total. The number of hydrogen-bond donors (Lipinski definition) is 1. The van der Waals surface area contributed by atoms with Crippen LogP contribution >= 0.6 is 7.60 Å². The van der Waals surface area contributed by atoms with Crippen molar-refractivity contribution in [3.63, 3.8) is 0 Å². The number of hydrogen-bond acceptors (Lipinski definition) is 5. The molecule has 0 aliphatic heterocycles. The van der Waals surface area contributed by atoms with Crippen LogP contribution in [-0.4, -0.2) is 39.9 Å². The highest BCUT2D eigenvalue weighted by Gasteiger charge is 2.50. The molecule has 1 unspecified atom stereocenters. The molecule has 16 heavy (non-hydrogen) atoms. The van der Waals surface area contributed by atoms with E-state index in [1.165, 1.54) is 0 Å². The molecular weight excluding hydrogens is 251 g/mol. The van der Waals surface area contributed by atoms with Gasteiger partial charge in [-0.15, -0.1) is 0 Å². The topological polar surface area (TPSA) is 74.2 Å². The summed E-state index contributed by atoms with van der Waals surface area (Å²) in [4.78, 5) is 9.47. The Hall–Kier alpha value is 0.247. The number of rotatable bonds is 9. The maximum absolute atomic E-state index is 11.6. The van der Waals surface area contributed by atoms with Gasteiger partial charge in [0.15, 0.2) is 0 Å². The van der Waals surface area contributed by atoms with Gasteiger partial charge in [0, 0.05) is 26.0 Å². The molecule has 0 rings (SSSR count). The van der Waals surface area contributed by atoms with Crippen LogP contribution in [0.3, 0.4) is 0 Å². The van der Waals surface area contributed by atoms with Gasteiger partial charge in [-0.1, -0.05) is 6.92 Å². The van der Waals surface area contributed by atoms with Gasteiger partial charge in [-0.3, -0.25) is 8.78 Å². The van der Waals surface area contributed by atoms with E-state index in [0.29, 0.717) is 19.8 Å². The summed E-state index contributed by atoms with van der Waals surface area (Å²) < 4.78 is 32.5. The third-order valence-electron chi connectivity index (χ3n) is 1.62. The second kappa shape index (κ2) is 7.55. The molecule has 0 aromatic rings. The van der Waals surface area contributed by atoms with Crippen LogP contribution in [0.25, 0.3) is 0 Å². The van der Waals surface area contributed by atoms with Gasteiger partial charge in [-0.05, 0) is 20.8 Å². The summed E-state index contributed by atoms with van der Waals surface area (Å²) in [6.07, 6.45) is -0.00499. The molecular formula is C8H21O6PSi. The molecule has 0 fully saturated rings. The second-order valence-corrected chi connectivity index (χ2v) is 7.35. The smallest absolute Gasteiger partial charge is 0.351 e. The first-order valence-corrected chi connectivity index (χ1v) is 8.79. The molecule has 98 valence electrons. The fourth-order valence-electron chi connectivity index (χ4n) is 0.974. The van der Waals surface area contributed by atoms with Gasteiger partial charge in [-0.2, -0.15) is 0 Å². The molecule has 0 aliphatic rings. The largest absolute Gasteiger partial charge is 0.686 e. The zero-order valence-electron chi connectivity index (χ0n) is 10.3. The molecule has 8 heteroatoms. The van der Waals surface area contributed by atoms with E-state index >= 15 is 0 Å². The highest BCUT2D eigenvalue weighted by Crippen LogP contribution is 2.45. The van der Waals surface area contributed by atoms with Crippen molar-refractivity contribution in [3.8, 4) is 0 Å². The zero-order chi connectivity index (χ0) is 12.7. The average molecular weight is 272 g/mol. The predicted octanol–water partition coefficient (Wildman–Crippen LogP) is 1.75. The van der Waals surface area contributed by atoms with Gasteiger partial charge in [-0.25, -0.2) is 0 Å². The Labute approximate surface area is 97.9 Å². The molecule has 0 aromatic carbocycles. The van der Waals surface area contributed by atoms with Crippen molar-refractivity contribution in [2.45, 2.75) is 27.7 Å². The van der Waals surface area contributed by atoms with E-state index in [4.69, 9.17) is 17.5 Å². The summed E-state index contributed by atoms with van der Waals surface area (Å²) in [6, 6.07) is 0. The third kappa shape index (κ3) is 5.54. The molecule has 0 aliphatic carbocycles. The van der Waals surface area contributed by atoms with Crippen molar-refractivity contribution in [2.24, 2.45) is 0 Å². The van der Waals surface area contributed by atoms with Gasteiger partial charge >= 0.3 is 16.6 Å². The first kappa shape index (κ1) is 16.2. The minimum atomic E-state index is -3.70. The van der Waals surface area contributed by atoms with E-state index in [-0.39, 0.29) is 6.16 Å². The predicted molar refractivity (Wildman–Crippen MR) is 62.1 cm³/mol. The Balaban J connectivity index is 4.78. The fraction of sp³-hybridized carbons (Fsp3) is 1.00. The van der Waals surface area contributed by atoms with Crippen molar-refractivity contribution in [1.29, 1.82) is 0 Å². The van der Waals surface area contributed by atoms with E-state index in [9.17, 15) is 9.46 Å². The van der Waals surface area contributed by atoms with E-state index in [2.05, 4.69) is 0 Å². The normalized spacial score (nSPS) is 16.1. The summed E-state index contributed by atoms with van der Waals surface area (Å²) in [6.45, 7) is 7.71. The lowest BCUT2D eigenvalue weighted by molar-refractivity contribution is 0.00704. The van der Waals surface area contributed by atoms with Crippen LogP contribution < -0.4 is 0 Å². The molecule has 1 atom stereocenters. The lowest BCUT2D eigenvalue weighted by atomic mass is 10.9. The molecule has 0 saturated carbocycles. The maximum Gasteiger partial charge on any atom is 0.686 e. The average Bonchev–Trinajstić information content (AvgIpc) is 2.18. The molecule has 0 spiro atoms. The van der Waals surface area contributed by atoms with Gasteiger partial charge in [0.1, 0.15) is 0 Å². The lowest BCUT2D eigenvalue weighted by Gasteiger charge is -2.28. The molecule has 0 saturated heterocycles. The summed E-state index contributed by atoms with van der Waals surface area (Å²) in [5.74, 6) is 0. The Morgan fingerprint density at radius 3 is 1.62 bits per heavy atom. The van der Waals surface area contributed by atoms with E-state index in [1.54, 1.807) is 27.7 Å². The minimum absolute atomic E-state index is 0.00499. The zero-order valence-corrected chi connectivity index (χ0v) is 12.2. The van der Waals surface area contributed by atoms with Crippen LogP contribution in [0.1, 0.15) is 27.7 Å². The quantitative estimate of drug-likeness (QED) is 0.509. The van der Waals surface area contributed by atoms with Gasteiger partial charge in [0.25, 0.3) is 0 Å². The van der Waals surface area contributed by atoms with Gasteiger partial charge in [0.05, 0.1) is 0 Å². The Morgan fingerprint density at radius 2 is 1.38 bits per heavy atom. The lowest BCUT2D eigenvalue weighted by Crippen LogP contribution is -2.48. The van der Waals surface area contributed by atoms with Crippen molar-refractivity contribution < 1.29 is 26.9 Å². The molecule has 6 nitrogen and oxygen atoms in total. The van der Waals surface area contributed by atoms with E-state index in [0.717, 1.165) is 0 Å². The van der Waals surface area contributed by atoms with Crippen LogP contribution in [0.15, 0.2) is 0 Å². The summed E-state index contributed by atoms with van der Waals surface area (Å²) >= 11 is 0. The van der Waals surface area contributed by atoms with Crippen molar-refractivity contribution in [3.05, 3.63) is 0 Å². The summed E-state index contributed by atoms with van der Waals surface area (Å²) in [7, 11) is -7.16. The van der Waals surface area contributed by atoms with Crippen molar-refractivity contribution in [2.75, 3.05) is 26.0 Å². The highest BCUT2D eigenvalue weighted by molar-refractivity contribution is 7.54. The highest BCUT2D eigenvalue weighted by atomic mass is 31.2. The fourth-order valence-corrected chi connectivity index (χ4v) is 4.83. The van der Waals surface area contributed by atoms with Crippen LogP contribution in [0.4, 0.5) is 0 Å². The first-order valence-electron chi connectivity index (χ1n) is 5.39. The summed E-state index contributed by atoms with van der Waals surface area (Å²) in [5.41, 5.74) is 0. The molecule has 0 bridgehead atoms. The third-order valence-corrected chi connectivity index (χ3v) is 6.38. The van der Waals surface area contributed by atoms with Crippen LogP contribution in [-0.2, 0) is 22.1 Å². The Bertz CT molecular complexity index is 220. The molecule has 0 heterocycles. The first-order chi connectivity index (χ1) is 7.45. The molecule has 0 aromatic heterocycles. The Morgan fingerprint density at radius 1 is 1.00 bits per heavy atom. The summed E-state index contributed by atoms with van der Waals surface area (Å²) in [5, 5.41) is 0. The van der Waals surface area contributed by atoms with Gasteiger partial charge in [0.2, 0.25) is 0 Å².